The highest BCUT2D eigenvalue weighted by Crippen LogP contribution is 2.30. The largest absolute Gasteiger partial charge is 0.339 e. The predicted octanol–water partition coefficient (Wildman–Crippen LogP) is 1.92. The Morgan fingerprint density at radius 2 is 1.82 bits per heavy atom. The molecule has 7 nitrogen and oxygen atoms in total. The van der Waals surface area contributed by atoms with E-state index < -0.39 is 0 Å². The molecular formula is C20H21FN6O. The molecule has 0 atom stereocenters. The van der Waals surface area contributed by atoms with E-state index in [4.69, 9.17) is 0 Å². The average molecular weight is 380 g/mol. The maximum Gasteiger partial charge on any atom is 0.242 e. The lowest BCUT2D eigenvalue weighted by Crippen LogP contribution is -2.48. The quantitative estimate of drug-likeness (QED) is 0.692. The Bertz CT molecular complexity index is 949. The molecule has 3 heterocycles. The van der Waals surface area contributed by atoms with Crippen molar-refractivity contribution in [1.82, 2.24) is 29.3 Å². The molecule has 3 aromatic rings. The number of amides is 1. The van der Waals surface area contributed by atoms with E-state index in [1.165, 1.54) is 18.5 Å². The normalized spacial score (nSPS) is 15.0. The summed E-state index contributed by atoms with van der Waals surface area (Å²) in [6.07, 6.45) is 4.75. The van der Waals surface area contributed by atoms with Crippen molar-refractivity contribution >= 4 is 5.91 Å². The maximum absolute atomic E-state index is 13.3. The molecule has 8 heteroatoms. The van der Waals surface area contributed by atoms with Gasteiger partial charge in [0.05, 0.1) is 23.4 Å². The van der Waals surface area contributed by atoms with E-state index in [0.717, 1.165) is 37.4 Å². The molecule has 1 amide bonds. The van der Waals surface area contributed by atoms with Crippen molar-refractivity contribution in [3.63, 3.8) is 0 Å². The van der Waals surface area contributed by atoms with Crippen LogP contribution in [0.1, 0.15) is 0 Å². The summed E-state index contributed by atoms with van der Waals surface area (Å²) in [7, 11) is 2.06. The molecule has 0 N–H and O–H groups in total. The van der Waals surface area contributed by atoms with Gasteiger partial charge in [-0.25, -0.2) is 19.3 Å². The predicted molar refractivity (Wildman–Crippen MR) is 103 cm³/mol. The van der Waals surface area contributed by atoms with Gasteiger partial charge in [-0.1, -0.05) is 0 Å². The molecule has 144 valence electrons. The molecule has 2 aromatic heterocycles. The van der Waals surface area contributed by atoms with Gasteiger partial charge in [0, 0.05) is 37.9 Å². The van der Waals surface area contributed by atoms with Crippen LogP contribution in [0.3, 0.4) is 0 Å². The monoisotopic (exact) mass is 380 g/mol. The van der Waals surface area contributed by atoms with Crippen LogP contribution in [0.5, 0.6) is 0 Å². The fourth-order valence-corrected chi connectivity index (χ4v) is 3.32. The highest BCUT2D eigenvalue weighted by Gasteiger charge is 2.22. The van der Waals surface area contributed by atoms with Crippen LogP contribution >= 0.6 is 0 Å². The molecule has 1 aliphatic rings. The number of benzene rings is 1. The van der Waals surface area contributed by atoms with Crippen LogP contribution in [0.15, 0.2) is 49.2 Å². The summed E-state index contributed by atoms with van der Waals surface area (Å²) in [6, 6.07) is 7.92. The smallest absolute Gasteiger partial charge is 0.242 e. The first-order chi connectivity index (χ1) is 13.6. The molecule has 0 aliphatic carbocycles. The molecule has 1 aromatic carbocycles. The molecule has 0 unspecified atom stereocenters. The molecule has 28 heavy (non-hydrogen) atoms. The van der Waals surface area contributed by atoms with Crippen LogP contribution in [0.2, 0.25) is 0 Å². The lowest BCUT2D eigenvalue weighted by Gasteiger charge is -2.32. The second-order valence-corrected chi connectivity index (χ2v) is 6.86. The van der Waals surface area contributed by atoms with Crippen LogP contribution in [-0.2, 0) is 11.3 Å². The Hall–Kier alpha value is -3.13. The van der Waals surface area contributed by atoms with Gasteiger partial charge in [0.2, 0.25) is 5.91 Å². The Morgan fingerprint density at radius 1 is 1.07 bits per heavy atom. The summed E-state index contributed by atoms with van der Waals surface area (Å²) in [6.45, 7) is 3.36. The third-order valence-corrected chi connectivity index (χ3v) is 4.94. The number of hydrogen-bond donors (Lipinski definition) is 0. The van der Waals surface area contributed by atoms with E-state index in [0.29, 0.717) is 11.4 Å². The Morgan fingerprint density at radius 3 is 2.50 bits per heavy atom. The number of halogens is 1. The van der Waals surface area contributed by atoms with E-state index in [1.54, 1.807) is 30.7 Å². The van der Waals surface area contributed by atoms with Crippen LogP contribution in [0.25, 0.3) is 22.6 Å². The van der Waals surface area contributed by atoms with Crippen LogP contribution in [0, 0.1) is 5.82 Å². The molecule has 4 rings (SSSR count). The Balaban J connectivity index is 1.67. The Kier molecular flexibility index (Phi) is 5.12. The summed E-state index contributed by atoms with van der Waals surface area (Å²) in [5, 5.41) is 0. The minimum Gasteiger partial charge on any atom is -0.339 e. The molecule has 0 radical (unpaired) electrons. The molecule has 1 saturated heterocycles. The van der Waals surface area contributed by atoms with Crippen molar-refractivity contribution in [2.24, 2.45) is 0 Å². The van der Waals surface area contributed by atoms with Gasteiger partial charge in [-0.3, -0.25) is 4.79 Å². The van der Waals surface area contributed by atoms with E-state index >= 15 is 0 Å². The van der Waals surface area contributed by atoms with Gasteiger partial charge >= 0.3 is 0 Å². The highest BCUT2D eigenvalue weighted by molar-refractivity contribution is 5.80. The SMILES string of the molecule is CN1CCN(C(=O)Cn2cnc(-c3ccc(F)cc3)c2-c2ccncn2)CC1. The average Bonchev–Trinajstić information content (AvgIpc) is 3.13. The highest BCUT2D eigenvalue weighted by atomic mass is 19.1. The van der Waals surface area contributed by atoms with Gasteiger partial charge in [0.15, 0.2) is 0 Å². The summed E-state index contributed by atoms with van der Waals surface area (Å²) >= 11 is 0. The summed E-state index contributed by atoms with van der Waals surface area (Å²) in [5.74, 6) is -0.261. The molecule has 0 spiro atoms. The van der Waals surface area contributed by atoms with Crippen molar-refractivity contribution in [1.29, 1.82) is 0 Å². The third-order valence-electron chi connectivity index (χ3n) is 4.94. The number of piperazine rings is 1. The zero-order valence-electron chi connectivity index (χ0n) is 15.6. The first kappa shape index (κ1) is 18.2. The second-order valence-electron chi connectivity index (χ2n) is 6.86. The van der Waals surface area contributed by atoms with Crippen LogP contribution in [0.4, 0.5) is 4.39 Å². The van der Waals surface area contributed by atoms with Crippen molar-refractivity contribution < 1.29 is 9.18 Å². The van der Waals surface area contributed by atoms with Gasteiger partial charge in [0.25, 0.3) is 0 Å². The summed E-state index contributed by atoms with van der Waals surface area (Å²) in [4.78, 5) is 29.7. The Labute approximate surface area is 162 Å². The van der Waals surface area contributed by atoms with E-state index in [-0.39, 0.29) is 18.3 Å². The van der Waals surface area contributed by atoms with Crippen molar-refractivity contribution in [3.05, 3.63) is 55.0 Å². The number of aromatic nitrogens is 4. The fourth-order valence-electron chi connectivity index (χ4n) is 3.32. The zero-order valence-corrected chi connectivity index (χ0v) is 15.6. The van der Waals surface area contributed by atoms with Gasteiger partial charge in [0.1, 0.15) is 18.7 Å². The fraction of sp³-hybridized carbons (Fsp3) is 0.300. The number of imidazole rings is 1. The zero-order chi connectivity index (χ0) is 19.5. The second kappa shape index (κ2) is 7.85. The van der Waals surface area contributed by atoms with Crippen molar-refractivity contribution in [2.75, 3.05) is 33.2 Å². The van der Waals surface area contributed by atoms with Crippen LogP contribution < -0.4 is 0 Å². The molecular weight excluding hydrogens is 359 g/mol. The van der Waals surface area contributed by atoms with Gasteiger partial charge in [-0.05, 0) is 37.4 Å². The number of carbonyl (C=O) groups is 1. The van der Waals surface area contributed by atoms with E-state index in [2.05, 4.69) is 26.9 Å². The topological polar surface area (TPSA) is 67.2 Å². The summed E-state index contributed by atoms with van der Waals surface area (Å²) < 4.78 is 15.1. The number of rotatable bonds is 4. The van der Waals surface area contributed by atoms with E-state index in [1.807, 2.05) is 9.47 Å². The first-order valence-corrected chi connectivity index (χ1v) is 9.15. The van der Waals surface area contributed by atoms with Gasteiger partial charge in [-0.15, -0.1) is 0 Å². The number of nitrogens with zero attached hydrogens (tertiary/aromatic N) is 6. The maximum atomic E-state index is 13.3. The lowest BCUT2D eigenvalue weighted by molar-refractivity contribution is -0.133. The van der Waals surface area contributed by atoms with E-state index in [9.17, 15) is 9.18 Å². The molecule has 1 aliphatic heterocycles. The molecule has 1 fully saturated rings. The number of likely N-dealkylation sites (N-methyl/N-ethyl adjacent to an activating group) is 1. The molecule has 0 bridgehead atoms. The van der Waals surface area contributed by atoms with Crippen LogP contribution in [-0.4, -0.2) is 68.5 Å². The first-order valence-electron chi connectivity index (χ1n) is 9.15. The van der Waals surface area contributed by atoms with Crippen molar-refractivity contribution in [2.45, 2.75) is 6.54 Å². The van der Waals surface area contributed by atoms with Gasteiger partial charge in [-0.2, -0.15) is 0 Å². The minimum atomic E-state index is -0.308. The number of hydrogen-bond acceptors (Lipinski definition) is 5. The summed E-state index contributed by atoms with van der Waals surface area (Å²) in [5.41, 5.74) is 2.81. The minimum absolute atomic E-state index is 0.0477. The third kappa shape index (κ3) is 3.77. The lowest BCUT2D eigenvalue weighted by atomic mass is 10.1. The molecule has 0 saturated carbocycles. The number of carbonyl (C=O) groups excluding carboxylic acids is 1. The standard InChI is InChI=1S/C20H21FN6O/c1-25-8-10-26(11-9-25)18(28)12-27-14-24-19(15-2-4-16(21)5-3-15)20(27)17-6-7-22-13-23-17/h2-7,13-14H,8-12H2,1H3. The van der Waals surface area contributed by atoms with Gasteiger partial charge < -0.3 is 14.4 Å². The van der Waals surface area contributed by atoms with Crippen molar-refractivity contribution in [3.8, 4) is 22.6 Å².